The average molecular weight is 254 g/mol. The maximum Gasteiger partial charge on any atom is 1.00 e. The first-order chi connectivity index (χ1) is 8.93. The van der Waals surface area contributed by atoms with Gasteiger partial charge in [-0.25, -0.2) is 0 Å². The Morgan fingerprint density at radius 1 is 0.684 bits per heavy atom. The summed E-state index contributed by atoms with van der Waals surface area (Å²) in [4.78, 5) is 0. The first kappa shape index (κ1) is 18.8. The van der Waals surface area contributed by atoms with Crippen molar-refractivity contribution in [1.82, 2.24) is 0 Å². The molecule has 0 saturated carbocycles. The molecule has 0 aromatic heterocycles. The van der Waals surface area contributed by atoms with Crippen LogP contribution in [0.1, 0.15) is 78.1 Å². The molecule has 1 rings (SSSR count). The Bertz CT molecular complexity index is 274. The molecule has 0 nitrogen and oxygen atoms in total. The Balaban J connectivity index is 0. The predicted octanol–water partition coefficient (Wildman–Crippen LogP) is 3.27. The Kier molecular flexibility index (Phi) is 14.1. The van der Waals surface area contributed by atoms with E-state index >= 15 is 0 Å². The molecule has 0 bridgehead atoms. The van der Waals surface area contributed by atoms with Crippen molar-refractivity contribution < 1.29 is 20.3 Å². The van der Waals surface area contributed by atoms with Crippen molar-refractivity contribution in [3.8, 4) is 0 Å². The monoisotopic (exact) mass is 254 g/mol. The summed E-state index contributed by atoms with van der Waals surface area (Å²) in [6.45, 7) is 2.28. The van der Waals surface area contributed by atoms with Crippen LogP contribution in [0.5, 0.6) is 0 Å². The van der Waals surface area contributed by atoms with Gasteiger partial charge in [-0.3, -0.25) is 0 Å². The molecule has 104 valence electrons. The van der Waals surface area contributed by atoms with Crippen LogP contribution in [0.4, 0.5) is 0 Å². The van der Waals surface area contributed by atoms with Crippen molar-refractivity contribution in [1.29, 1.82) is 0 Å². The minimum Gasteiger partial charge on any atom is -1.00 e. The molecule has 0 fully saturated rings. The molecule has 0 amide bonds. The molecule has 0 aliphatic carbocycles. The van der Waals surface area contributed by atoms with E-state index in [4.69, 9.17) is 0 Å². The van der Waals surface area contributed by atoms with Crippen molar-refractivity contribution >= 4 is 0 Å². The summed E-state index contributed by atoms with van der Waals surface area (Å²) >= 11 is 0. The van der Waals surface area contributed by atoms with Crippen molar-refractivity contribution in [3.05, 3.63) is 35.9 Å². The molecule has 0 atom stereocenters. The number of aryl methyl sites for hydroxylation is 1. The third-order valence-electron chi connectivity index (χ3n) is 3.66. The van der Waals surface area contributed by atoms with Crippen LogP contribution in [0.2, 0.25) is 0 Å². The Morgan fingerprint density at radius 2 is 1.16 bits per heavy atom. The van der Waals surface area contributed by atoms with Gasteiger partial charge in [0, 0.05) is 0 Å². The fourth-order valence-corrected chi connectivity index (χ4v) is 2.46. The maximum atomic E-state index is 2.28. The van der Waals surface area contributed by atoms with Crippen LogP contribution >= 0.6 is 0 Å². The first-order valence-electron chi connectivity index (χ1n) is 7.97. The molecule has 0 unspecified atom stereocenters. The van der Waals surface area contributed by atoms with Gasteiger partial charge >= 0.3 is 18.9 Å². The van der Waals surface area contributed by atoms with E-state index in [2.05, 4.69) is 37.3 Å². The smallest absolute Gasteiger partial charge is 1.00 e. The number of rotatable bonds is 11. The molecule has 0 aliphatic rings. The third kappa shape index (κ3) is 11.4. The van der Waals surface area contributed by atoms with Crippen LogP contribution in [0.3, 0.4) is 0 Å². The third-order valence-corrected chi connectivity index (χ3v) is 3.66. The number of hydrogen-bond donors (Lipinski definition) is 0. The van der Waals surface area contributed by atoms with Gasteiger partial charge in [-0.2, -0.15) is 0 Å². The molecule has 0 N–H and O–H groups in total. The van der Waals surface area contributed by atoms with Gasteiger partial charge in [0.2, 0.25) is 0 Å². The van der Waals surface area contributed by atoms with Crippen LogP contribution in [-0.2, 0) is 6.42 Å². The Morgan fingerprint density at radius 3 is 1.68 bits per heavy atom. The van der Waals surface area contributed by atoms with E-state index in [1.165, 1.54) is 76.2 Å². The minimum atomic E-state index is 0. The normalized spacial score (nSPS) is 10.2. The number of unbranched alkanes of at least 4 members (excludes halogenated alkanes) is 9. The summed E-state index contributed by atoms with van der Waals surface area (Å²) in [5.41, 5.74) is 1.50. The summed E-state index contributed by atoms with van der Waals surface area (Å²) in [5, 5.41) is 0. The second-order valence-corrected chi connectivity index (χ2v) is 5.42. The fraction of sp³-hybridized carbons (Fsp3) is 0.667. The molecule has 0 heterocycles. The molecule has 0 radical (unpaired) electrons. The van der Waals surface area contributed by atoms with Gasteiger partial charge in [-0.05, 0) is 18.4 Å². The van der Waals surface area contributed by atoms with E-state index < -0.39 is 0 Å². The van der Waals surface area contributed by atoms with Crippen molar-refractivity contribution in [2.75, 3.05) is 0 Å². The van der Waals surface area contributed by atoms with Crippen LogP contribution in [-0.4, -0.2) is 0 Å². The summed E-state index contributed by atoms with van der Waals surface area (Å²) in [7, 11) is 0. The molecule has 1 heteroatoms. The molecule has 0 saturated heterocycles. The van der Waals surface area contributed by atoms with E-state index in [1.807, 2.05) is 0 Å². The fourth-order valence-electron chi connectivity index (χ4n) is 2.46. The standard InChI is InChI=1S/C18H30.Li.H/c1-2-3-4-5-6-7-8-9-10-12-15-18-16-13-11-14-17-18;;/h11,13-14,16-17H,2-10,12,15H2,1H3;;/q;+1;-1. The summed E-state index contributed by atoms with van der Waals surface area (Å²) < 4.78 is 0. The Hall–Kier alpha value is -0.183. The average Bonchev–Trinajstić information content (AvgIpc) is 2.42. The molecule has 19 heavy (non-hydrogen) atoms. The molecular weight excluding hydrogens is 223 g/mol. The Labute approximate surface area is 134 Å². The first-order valence-corrected chi connectivity index (χ1v) is 7.97. The largest absolute Gasteiger partial charge is 1.00 e. The van der Waals surface area contributed by atoms with Crippen LogP contribution in [0.15, 0.2) is 30.3 Å². The molecule has 1 aromatic carbocycles. The van der Waals surface area contributed by atoms with E-state index in [-0.39, 0.29) is 20.3 Å². The maximum absolute atomic E-state index is 2.28. The van der Waals surface area contributed by atoms with Crippen molar-refractivity contribution in [3.63, 3.8) is 0 Å². The van der Waals surface area contributed by atoms with E-state index in [0.717, 1.165) is 0 Å². The van der Waals surface area contributed by atoms with Crippen LogP contribution < -0.4 is 18.9 Å². The molecule has 0 aliphatic heterocycles. The molecular formula is C18H31Li. The van der Waals surface area contributed by atoms with Crippen LogP contribution in [0.25, 0.3) is 0 Å². The summed E-state index contributed by atoms with van der Waals surface area (Å²) in [5.74, 6) is 0. The SMILES string of the molecule is CCCCCCCCCCCCc1ccccc1.[H-].[Li+]. The van der Waals surface area contributed by atoms with Gasteiger partial charge in [0.1, 0.15) is 0 Å². The zero-order valence-electron chi connectivity index (χ0n) is 14.2. The summed E-state index contributed by atoms with van der Waals surface area (Å²) in [6, 6.07) is 10.9. The predicted molar refractivity (Wildman–Crippen MR) is 83.1 cm³/mol. The van der Waals surface area contributed by atoms with E-state index in [0.29, 0.717) is 0 Å². The van der Waals surface area contributed by atoms with Gasteiger partial charge in [0.05, 0.1) is 0 Å². The van der Waals surface area contributed by atoms with Crippen LogP contribution in [0, 0.1) is 0 Å². The number of benzene rings is 1. The van der Waals surface area contributed by atoms with Gasteiger partial charge in [-0.1, -0.05) is 95.0 Å². The van der Waals surface area contributed by atoms with E-state index in [1.54, 1.807) is 0 Å². The topological polar surface area (TPSA) is 0 Å². The second kappa shape index (κ2) is 14.2. The number of hydrogen-bond acceptors (Lipinski definition) is 0. The van der Waals surface area contributed by atoms with Crippen molar-refractivity contribution in [2.24, 2.45) is 0 Å². The minimum absolute atomic E-state index is 0. The van der Waals surface area contributed by atoms with Gasteiger partial charge < -0.3 is 1.43 Å². The summed E-state index contributed by atoms with van der Waals surface area (Å²) in [6.07, 6.45) is 15.5. The molecule has 0 spiro atoms. The van der Waals surface area contributed by atoms with E-state index in [9.17, 15) is 0 Å². The molecule has 1 aromatic rings. The van der Waals surface area contributed by atoms with Gasteiger partial charge in [-0.15, -0.1) is 0 Å². The van der Waals surface area contributed by atoms with Crippen molar-refractivity contribution in [2.45, 2.75) is 77.6 Å². The zero-order chi connectivity index (χ0) is 12.9. The van der Waals surface area contributed by atoms with Gasteiger partial charge in [0.15, 0.2) is 0 Å². The quantitative estimate of drug-likeness (QED) is 0.420. The second-order valence-electron chi connectivity index (χ2n) is 5.42. The van der Waals surface area contributed by atoms with Gasteiger partial charge in [0.25, 0.3) is 0 Å². The zero-order valence-corrected chi connectivity index (χ0v) is 13.2.